The molecular formula is C13H16N4O. The van der Waals surface area contributed by atoms with Gasteiger partial charge in [0, 0.05) is 24.7 Å². The number of hydrogen-bond donors (Lipinski definition) is 0. The van der Waals surface area contributed by atoms with E-state index in [9.17, 15) is 4.79 Å². The molecule has 0 radical (unpaired) electrons. The summed E-state index contributed by atoms with van der Waals surface area (Å²) in [6.45, 7) is 3.31. The maximum absolute atomic E-state index is 12.0. The van der Waals surface area contributed by atoms with Crippen molar-refractivity contribution < 1.29 is 0 Å². The molecule has 0 bridgehead atoms. The summed E-state index contributed by atoms with van der Waals surface area (Å²) in [6, 6.07) is 3.72. The number of nitrogens with zero attached hydrogens (tertiary/aromatic N) is 4. The van der Waals surface area contributed by atoms with Crippen molar-refractivity contribution >= 4 is 0 Å². The van der Waals surface area contributed by atoms with Crippen LogP contribution in [0.3, 0.4) is 0 Å². The molecule has 1 aliphatic heterocycles. The number of rotatable bonds is 2. The second-order valence-corrected chi connectivity index (χ2v) is 4.77. The van der Waals surface area contributed by atoms with Crippen molar-refractivity contribution in [3.8, 4) is 0 Å². The summed E-state index contributed by atoms with van der Waals surface area (Å²) in [6.07, 6.45) is 5.15. The van der Waals surface area contributed by atoms with E-state index in [1.54, 1.807) is 10.8 Å². The van der Waals surface area contributed by atoms with Crippen molar-refractivity contribution in [1.29, 1.82) is 0 Å². The molecule has 0 aromatic carbocycles. The SMILES string of the molecule is Cc1cccn(Cc2nnc3n2CCCC3)c1=O. The lowest BCUT2D eigenvalue weighted by Crippen LogP contribution is -2.24. The van der Waals surface area contributed by atoms with Crippen molar-refractivity contribution in [1.82, 2.24) is 19.3 Å². The molecule has 94 valence electrons. The van der Waals surface area contributed by atoms with Crippen LogP contribution in [0.15, 0.2) is 23.1 Å². The van der Waals surface area contributed by atoms with Crippen LogP contribution in [-0.4, -0.2) is 19.3 Å². The van der Waals surface area contributed by atoms with Crippen LogP contribution >= 0.6 is 0 Å². The molecule has 0 saturated heterocycles. The van der Waals surface area contributed by atoms with Gasteiger partial charge in [0.2, 0.25) is 0 Å². The second kappa shape index (κ2) is 4.40. The van der Waals surface area contributed by atoms with Crippen LogP contribution in [0.1, 0.15) is 30.1 Å². The van der Waals surface area contributed by atoms with Crippen molar-refractivity contribution in [3.63, 3.8) is 0 Å². The third-order valence-corrected chi connectivity index (χ3v) is 3.46. The molecule has 18 heavy (non-hydrogen) atoms. The minimum absolute atomic E-state index is 0.0469. The highest BCUT2D eigenvalue weighted by molar-refractivity contribution is 5.09. The normalized spacial score (nSPS) is 14.5. The molecule has 0 amide bonds. The fourth-order valence-electron chi connectivity index (χ4n) is 2.42. The highest BCUT2D eigenvalue weighted by Crippen LogP contribution is 2.14. The van der Waals surface area contributed by atoms with Crippen LogP contribution in [0.4, 0.5) is 0 Å². The highest BCUT2D eigenvalue weighted by atomic mass is 16.1. The Morgan fingerprint density at radius 1 is 1.33 bits per heavy atom. The van der Waals surface area contributed by atoms with E-state index in [4.69, 9.17) is 0 Å². The topological polar surface area (TPSA) is 52.7 Å². The van der Waals surface area contributed by atoms with Crippen LogP contribution in [0.5, 0.6) is 0 Å². The van der Waals surface area contributed by atoms with Gasteiger partial charge in [-0.1, -0.05) is 6.07 Å². The third-order valence-electron chi connectivity index (χ3n) is 3.46. The summed E-state index contributed by atoms with van der Waals surface area (Å²) in [4.78, 5) is 12.0. The molecule has 2 aromatic rings. The Labute approximate surface area is 105 Å². The largest absolute Gasteiger partial charge is 0.313 e. The van der Waals surface area contributed by atoms with Crippen LogP contribution in [0, 0.1) is 6.92 Å². The van der Waals surface area contributed by atoms with Gasteiger partial charge in [-0.25, -0.2) is 0 Å². The van der Waals surface area contributed by atoms with Crippen molar-refractivity contribution in [2.24, 2.45) is 0 Å². The molecule has 0 N–H and O–H groups in total. The van der Waals surface area contributed by atoms with E-state index in [0.29, 0.717) is 6.54 Å². The molecule has 5 nitrogen and oxygen atoms in total. The van der Waals surface area contributed by atoms with Gasteiger partial charge in [-0.05, 0) is 25.8 Å². The number of hydrogen-bond acceptors (Lipinski definition) is 3. The number of aromatic nitrogens is 4. The van der Waals surface area contributed by atoms with Crippen molar-refractivity contribution in [2.75, 3.05) is 0 Å². The standard InChI is InChI=1S/C13H16N4O/c1-10-5-4-7-16(13(10)18)9-12-15-14-11-6-2-3-8-17(11)12/h4-5,7H,2-3,6,8-9H2,1H3. The Hall–Kier alpha value is -1.91. The highest BCUT2D eigenvalue weighted by Gasteiger charge is 2.16. The molecule has 0 aliphatic carbocycles. The summed E-state index contributed by atoms with van der Waals surface area (Å²) >= 11 is 0. The number of aryl methyl sites for hydroxylation is 2. The quantitative estimate of drug-likeness (QED) is 0.795. The summed E-state index contributed by atoms with van der Waals surface area (Å²) in [5.41, 5.74) is 0.807. The molecule has 0 unspecified atom stereocenters. The molecule has 1 aliphatic rings. The first kappa shape index (κ1) is 11.2. The average molecular weight is 244 g/mol. The van der Waals surface area contributed by atoms with Gasteiger partial charge in [-0.3, -0.25) is 4.79 Å². The lowest BCUT2D eigenvalue weighted by Gasteiger charge is -2.15. The van der Waals surface area contributed by atoms with E-state index >= 15 is 0 Å². The fraction of sp³-hybridized carbons (Fsp3) is 0.462. The predicted molar refractivity (Wildman–Crippen MR) is 67.5 cm³/mol. The minimum Gasteiger partial charge on any atom is -0.313 e. The third kappa shape index (κ3) is 1.85. The molecule has 0 spiro atoms. The van der Waals surface area contributed by atoms with Crippen LogP contribution < -0.4 is 5.56 Å². The van der Waals surface area contributed by atoms with Gasteiger partial charge >= 0.3 is 0 Å². The Balaban J connectivity index is 1.95. The van der Waals surface area contributed by atoms with Crippen molar-refractivity contribution in [2.45, 2.75) is 39.3 Å². The number of fused-ring (bicyclic) bond motifs is 1. The zero-order valence-corrected chi connectivity index (χ0v) is 10.5. The van der Waals surface area contributed by atoms with Gasteiger partial charge in [-0.2, -0.15) is 0 Å². The van der Waals surface area contributed by atoms with E-state index in [0.717, 1.165) is 30.2 Å². The maximum atomic E-state index is 12.0. The van der Waals surface area contributed by atoms with Crippen LogP contribution in [-0.2, 0) is 19.5 Å². The molecule has 3 rings (SSSR count). The Morgan fingerprint density at radius 2 is 2.22 bits per heavy atom. The summed E-state index contributed by atoms with van der Waals surface area (Å²) in [7, 11) is 0. The predicted octanol–water partition coefficient (Wildman–Crippen LogP) is 1.13. The number of pyridine rings is 1. The first-order valence-electron chi connectivity index (χ1n) is 6.33. The maximum Gasteiger partial charge on any atom is 0.253 e. The average Bonchev–Trinajstić information content (AvgIpc) is 2.79. The minimum atomic E-state index is 0.0469. The smallest absolute Gasteiger partial charge is 0.253 e. The van der Waals surface area contributed by atoms with Gasteiger partial charge in [0.15, 0.2) is 5.82 Å². The molecule has 2 aromatic heterocycles. The van der Waals surface area contributed by atoms with E-state index in [2.05, 4.69) is 14.8 Å². The second-order valence-electron chi connectivity index (χ2n) is 4.77. The molecule has 3 heterocycles. The zero-order chi connectivity index (χ0) is 12.5. The molecule has 0 fully saturated rings. The fourth-order valence-corrected chi connectivity index (χ4v) is 2.42. The zero-order valence-electron chi connectivity index (χ0n) is 10.5. The summed E-state index contributed by atoms with van der Waals surface area (Å²) in [5, 5.41) is 8.42. The molecule has 0 atom stereocenters. The molecule has 5 heteroatoms. The van der Waals surface area contributed by atoms with Crippen LogP contribution in [0.2, 0.25) is 0 Å². The van der Waals surface area contributed by atoms with E-state index in [1.165, 1.54) is 12.8 Å². The van der Waals surface area contributed by atoms with E-state index in [1.807, 2.05) is 19.1 Å². The van der Waals surface area contributed by atoms with Crippen LogP contribution in [0.25, 0.3) is 0 Å². The van der Waals surface area contributed by atoms with Gasteiger partial charge in [-0.15, -0.1) is 10.2 Å². The van der Waals surface area contributed by atoms with Gasteiger partial charge in [0.1, 0.15) is 5.82 Å². The van der Waals surface area contributed by atoms with Gasteiger partial charge in [0.05, 0.1) is 6.54 Å². The molecule has 0 saturated carbocycles. The lowest BCUT2D eigenvalue weighted by molar-refractivity contribution is 0.500. The summed E-state index contributed by atoms with van der Waals surface area (Å²) in [5.74, 6) is 1.94. The Bertz CT molecular complexity index is 626. The van der Waals surface area contributed by atoms with Crippen molar-refractivity contribution in [3.05, 3.63) is 45.9 Å². The molecular weight excluding hydrogens is 228 g/mol. The lowest BCUT2D eigenvalue weighted by atomic mass is 10.2. The monoisotopic (exact) mass is 244 g/mol. The van der Waals surface area contributed by atoms with E-state index in [-0.39, 0.29) is 5.56 Å². The Morgan fingerprint density at radius 3 is 3.11 bits per heavy atom. The Kier molecular flexibility index (Phi) is 2.74. The van der Waals surface area contributed by atoms with Gasteiger partial charge in [0.25, 0.3) is 5.56 Å². The van der Waals surface area contributed by atoms with E-state index < -0.39 is 0 Å². The first-order chi connectivity index (χ1) is 8.75. The summed E-state index contributed by atoms with van der Waals surface area (Å²) < 4.78 is 3.85. The van der Waals surface area contributed by atoms with Gasteiger partial charge < -0.3 is 9.13 Å². The first-order valence-corrected chi connectivity index (χ1v) is 6.33.